The lowest BCUT2D eigenvalue weighted by Gasteiger charge is -2.33. The lowest BCUT2D eigenvalue weighted by Crippen LogP contribution is -2.32. The number of hydrogen-bond donors (Lipinski definition) is 2. The smallest absolute Gasteiger partial charge is 0.234 e. The fourth-order valence-electron chi connectivity index (χ4n) is 4.54. The average Bonchev–Trinajstić information content (AvgIpc) is 2.79. The molecule has 0 saturated carbocycles. The van der Waals surface area contributed by atoms with Crippen molar-refractivity contribution in [3.05, 3.63) is 86.6 Å². The number of nitriles is 1. The van der Waals surface area contributed by atoms with Gasteiger partial charge in [0.1, 0.15) is 0 Å². The van der Waals surface area contributed by atoms with Crippen LogP contribution in [0.3, 0.4) is 0 Å². The second-order valence-electron chi connectivity index (χ2n) is 8.59. The van der Waals surface area contributed by atoms with E-state index < -0.39 is 5.92 Å². The quantitative estimate of drug-likeness (QED) is 0.627. The van der Waals surface area contributed by atoms with E-state index in [0.717, 1.165) is 46.5 Å². The van der Waals surface area contributed by atoms with Crippen LogP contribution in [0.5, 0.6) is 0 Å². The maximum atomic E-state index is 12.9. The van der Waals surface area contributed by atoms with Crippen LogP contribution in [-0.2, 0) is 9.59 Å². The number of allylic oxidation sites excluding steroid dienone is 3. The van der Waals surface area contributed by atoms with Crippen LogP contribution >= 0.6 is 11.8 Å². The van der Waals surface area contributed by atoms with Gasteiger partial charge in [0.25, 0.3) is 0 Å². The molecule has 0 saturated heterocycles. The molecule has 1 aliphatic carbocycles. The number of rotatable bonds is 5. The number of ketones is 1. The Kier molecular flexibility index (Phi) is 6.71. The first-order chi connectivity index (χ1) is 15.9. The Morgan fingerprint density at radius 1 is 1.15 bits per heavy atom. The fourth-order valence-corrected chi connectivity index (χ4v) is 5.40. The molecule has 2 aromatic carbocycles. The predicted octanol–water partition coefficient (Wildman–Crippen LogP) is 5.41. The molecule has 1 atom stereocenters. The Morgan fingerprint density at radius 3 is 2.67 bits per heavy atom. The van der Waals surface area contributed by atoms with Gasteiger partial charge >= 0.3 is 0 Å². The minimum Gasteiger partial charge on any atom is -0.352 e. The van der Waals surface area contributed by atoms with E-state index in [2.05, 4.69) is 16.7 Å². The van der Waals surface area contributed by atoms with Gasteiger partial charge in [-0.3, -0.25) is 9.59 Å². The molecule has 0 aromatic heterocycles. The van der Waals surface area contributed by atoms with E-state index in [1.54, 1.807) is 0 Å². The number of anilines is 1. The van der Waals surface area contributed by atoms with Crippen molar-refractivity contribution >= 4 is 29.1 Å². The summed E-state index contributed by atoms with van der Waals surface area (Å²) in [7, 11) is 0. The number of aryl methyl sites for hydroxylation is 3. The van der Waals surface area contributed by atoms with Gasteiger partial charge in [-0.15, -0.1) is 0 Å². The van der Waals surface area contributed by atoms with Crippen molar-refractivity contribution in [2.75, 3.05) is 11.1 Å². The summed E-state index contributed by atoms with van der Waals surface area (Å²) in [5, 5.41) is 17.1. The molecule has 6 heteroatoms. The van der Waals surface area contributed by atoms with Crippen LogP contribution in [0, 0.1) is 32.1 Å². The molecule has 33 heavy (non-hydrogen) atoms. The summed E-state index contributed by atoms with van der Waals surface area (Å²) in [5.74, 6) is -0.269. The van der Waals surface area contributed by atoms with Gasteiger partial charge in [-0.2, -0.15) is 5.26 Å². The summed E-state index contributed by atoms with van der Waals surface area (Å²) < 4.78 is 0. The van der Waals surface area contributed by atoms with Gasteiger partial charge in [0.2, 0.25) is 5.91 Å². The van der Waals surface area contributed by atoms with E-state index in [9.17, 15) is 14.9 Å². The number of dihydropyridines is 1. The molecule has 5 nitrogen and oxygen atoms in total. The summed E-state index contributed by atoms with van der Waals surface area (Å²) in [5.41, 5.74) is 7.04. The number of nitrogens with zero attached hydrogens (tertiary/aromatic N) is 1. The maximum absolute atomic E-state index is 12.9. The lowest BCUT2D eigenvalue weighted by molar-refractivity contribution is -0.116. The summed E-state index contributed by atoms with van der Waals surface area (Å²) in [6.07, 6.45) is 2.06. The van der Waals surface area contributed by atoms with Crippen LogP contribution in [-0.4, -0.2) is 17.4 Å². The molecular formula is C27H27N3O2S. The number of nitrogens with one attached hydrogen (secondary N) is 2. The van der Waals surface area contributed by atoms with E-state index in [4.69, 9.17) is 0 Å². The van der Waals surface area contributed by atoms with Gasteiger partial charge in [-0.1, -0.05) is 53.7 Å². The van der Waals surface area contributed by atoms with Gasteiger partial charge in [-0.05, 0) is 56.4 Å². The highest BCUT2D eigenvalue weighted by atomic mass is 32.2. The zero-order valence-electron chi connectivity index (χ0n) is 19.1. The minimum atomic E-state index is -0.398. The van der Waals surface area contributed by atoms with E-state index in [1.807, 2.05) is 63.2 Å². The number of Topliss-reactive ketones (excluding diaryl/α,β-unsaturated/α-hetero) is 1. The number of amides is 1. The molecule has 4 rings (SSSR count). The second-order valence-corrected chi connectivity index (χ2v) is 9.58. The Hall–Kier alpha value is -3.30. The number of thioether (sulfide) groups is 1. The van der Waals surface area contributed by atoms with Gasteiger partial charge in [0.15, 0.2) is 5.78 Å². The van der Waals surface area contributed by atoms with Crippen molar-refractivity contribution in [1.29, 1.82) is 5.26 Å². The first-order valence-corrected chi connectivity index (χ1v) is 12.1. The van der Waals surface area contributed by atoms with Gasteiger partial charge in [0.05, 0.1) is 28.3 Å². The molecule has 168 valence electrons. The number of carbonyl (C=O) groups is 2. The molecule has 0 spiro atoms. The molecule has 1 aliphatic heterocycles. The summed E-state index contributed by atoms with van der Waals surface area (Å²) in [6.45, 7) is 5.99. The van der Waals surface area contributed by atoms with Gasteiger partial charge in [-0.25, -0.2) is 0 Å². The topological polar surface area (TPSA) is 82.0 Å². The Labute approximate surface area is 199 Å². The third-order valence-corrected chi connectivity index (χ3v) is 7.18. The highest BCUT2D eigenvalue weighted by Crippen LogP contribution is 2.44. The Balaban J connectivity index is 1.62. The zero-order chi connectivity index (χ0) is 23.5. The molecule has 2 N–H and O–H groups in total. The SMILES string of the molecule is Cc1ccc(NC(=O)CSC2=C(C#N)C(c3ccccc3C)C3=C(CCCC3=O)N2)c(C)c1. The van der Waals surface area contributed by atoms with Crippen molar-refractivity contribution in [3.63, 3.8) is 0 Å². The molecule has 1 heterocycles. The minimum absolute atomic E-state index is 0.0985. The number of benzene rings is 2. The van der Waals surface area contributed by atoms with Crippen LogP contribution < -0.4 is 10.6 Å². The molecule has 0 bridgehead atoms. The van der Waals surface area contributed by atoms with Crippen LogP contribution in [0.25, 0.3) is 0 Å². The van der Waals surface area contributed by atoms with E-state index in [-0.39, 0.29) is 17.4 Å². The summed E-state index contributed by atoms with van der Waals surface area (Å²) in [6, 6.07) is 16.2. The first-order valence-electron chi connectivity index (χ1n) is 11.1. The van der Waals surface area contributed by atoms with Crippen molar-refractivity contribution in [1.82, 2.24) is 5.32 Å². The predicted molar refractivity (Wildman–Crippen MR) is 133 cm³/mol. The molecular weight excluding hydrogens is 430 g/mol. The van der Waals surface area contributed by atoms with Gasteiger partial charge in [0, 0.05) is 23.4 Å². The largest absolute Gasteiger partial charge is 0.352 e. The average molecular weight is 458 g/mol. The van der Waals surface area contributed by atoms with Crippen molar-refractivity contribution in [3.8, 4) is 6.07 Å². The number of hydrogen-bond acceptors (Lipinski definition) is 5. The van der Waals surface area contributed by atoms with Crippen LogP contribution in [0.15, 0.2) is 64.3 Å². The van der Waals surface area contributed by atoms with Crippen molar-refractivity contribution in [2.45, 2.75) is 46.0 Å². The highest BCUT2D eigenvalue weighted by Gasteiger charge is 2.37. The normalized spacial score (nSPS) is 17.9. The third kappa shape index (κ3) is 4.74. The van der Waals surface area contributed by atoms with E-state index in [1.165, 1.54) is 11.8 Å². The van der Waals surface area contributed by atoms with Crippen LogP contribution in [0.4, 0.5) is 5.69 Å². The van der Waals surface area contributed by atoms with Crippen LogP contribution in [0.1, 0.15) is 47.4 Å². The van der Waals surface area contributed by atoms with Crippen molar-refractivity contribution < 1.29 is 9.59 Å². The van der Waals surface area contributed by atoms with E-state index >= 15 is 0 Å². The van der Waals surface area contributed by atoms with Gasteiger partial charge < -0.3 is 10.6 Å². The Morgan fingerprint density at radius 2 is 1.94 bits per heavy atom. The molecule has 2 aromatic rings. The third-order valence-electron chi connectivity index (χ3n) is 6.17. The van der Waals surface area contributed by atoms with Crippen molar-refractivity contribution in [2.24, 2.45) is 0 Å². The monoisotopic (exact) mass is 457 g/mol. The molecule has 0 radical (unpaired) electrons. The number of carbonyl (C=O) groups excluding carboxylic acids is 2. The highest BCUT2D eigenvalue weighted by molar-refractivity contribution is 8.03. The lowest BCUT2D eigenvalue weighted by atomic mass is 9.76. The molecule has 2 aliphatic rings. The second kappa shape index (κ2) is 9.68. The molecule has 0 fully saturated rings. The maximum Gasteiger partial charge on any atom is 0.234 e. The van der Waals surface area contributed by atoms with Crippen LogP contribution in [0.2, 0.25) is 0 Å². The zero-order valence-corrected chi connectivity index (χ0v) is 19.9. The molecule has 1 amide bonds. The Bertz CT molecular complexity index is 1240. The molecule has 1 unspecified atom stereocenters. The fraction of sp³-hybridized carbons (Fsp3) is 0.296. The standard InChI is InChI=1S/C27H27N3O2S/c1-16-11-12-21(18(3)13-16)29-24(32)15-33-27-20(14-28)25(19-8-5-4-7-17(19)2)26-22(30-27)9-6-10-23(26)31/h4-5,7-8,11-13,25,30H,6,9-10,15H2,1-3H3,(H,29,32). The summed E-state index contributed by atoms with van der Waals surface area (Å²) >= 11 is 1.32. The first kappa shape index (κ1) is 22.9. The summed E-state index contributed by atoms with van der Waals surface area (Å²) in [4.78, 5) is 25.6. The van der Waals surface area contributed by atoms with E-state index in [0.29, 0.717) is 22.6 Å².